The summed E-state index contributed by atoms with van der Waals surface area (Å²) in [6, 6.07) is 8.20. The van der Waals surface area contributed by atoms with E-state index < -0.39 is 13.0 Å². The highest BCUT2D eigenvalue weighted by atomic mass is 19.3. The highest BCUT2D eigenvalue weighted by Crippen LogP contribution is 2.20. The molecule has 0 aliphatic heterocycles. The average molecular weight is 243 g/mol. The first-order valence-electron chi connectivity index (χ1n) is 5.73. The highest BCUT2D eigenvalue weighted by Gasteiger charge is 2.11. The van der Waals surface area contributed by atoms with Crippen molar-refractivity contribution in [3.05, 3.63) is 35.4 Å². The number of ether oxygens (including phenoxy) is 1. The second kappa shape index (κ2) is 7.35. The summed E-state index contributed by atoms with van der Waals surface area (Å²) in [7, 11) is 1.87. The summed E-state index contributed by atoms with van der Waals surface area (Å²) in [4.78, 5) is 0. The maximum Gasteiger partial charge on any atom is 0.261 e. The predicted molar refractivity (Wildman–Crippen MR) is 64.4 cm³/mol. The first-order chi connectivity index (χ1) is 8.15. The molecule has 0 aliphatic carbocycles. The van der Waals surface area contributed by atoms with E-state index in [1.807, 2.05) is 38.2 Å². The molecule has 1 rings (SSSR count). The summed E-state index contributed by atoms with van der Waals surface area (Å²) in [5.74, 6) is 0. The van der Waals surface area contributed by atoms with Crippen LogP contribution >= 0.6 is 0 Å². The summed E-state index contributed by atoms with van der Waals surface area (Å²) in [5.41, 5.74) is 2.39. The van der Waals surface area contributed by atoms with Gasteiger partial charge in [0, 0.05) is 12.6 Å². The zero-order valence-corrected chi connectivity index (χ0v) is 10.2. The fourth-order valence-electron chi connectivity index (χ4n) is 1.81. The third kappa shape index (κ3) is 4.79. The molecule has 0 bridgehead atoms. The largest absolute Gasteiger partial charge is 0.375 e. The van der Waals surface area contributed by atoms with E-state index in [2.05, 4.69) is 5.32 Å². The number of nitrogens with one attached hydrogen (secondary N) is 1. The van der Waals surface area contributed by atoms with Gasteiger partial charge < -0.3 is 10.1 Å². The molecule has 1 aromatic rings. The molecule has 0 radical (unpaired) electrons. The molecule has 1 aromatic carbocycles. The van der Waals surface area contributed by atoms with Crippen molar-refractivity contribution < 1.29 is 13.5 Å². The summed E-state index contributed by atoms with van der Waals surface area (Å²) in [6.45, 7) is 1.90. The van der Waals surface area contributed by atoms with E-state index in [1.54, 1.807) is 0 Å². The summed E-state index contributed by atoms with van der Waals surface area (Å²) < 4.78 is 28.7. The first-order valence-corrected chi connectivity index (χ1v) is 5.73. The van der Waals surface area contributed by atoms with Gasteiger partial charge in [-0.25, -0.2) is 8.78 Å². The van der Waals surface area contributed by atoms with Crippen molar-refractivity contribution in [3.8, 4) is 0 Å². The van der Waals surface area contributed by atoms with Gasteiger partial charge in [0.2, 0.25) is 0 Å². The molecule has 96 valence electrons. The van der Waals surface area contributed by atoms with Crippen LogP contribution in [0.25, 0.3) is 0 Å². The van der Waals surface area contributed by atoms with E-state index in [1.165, 1.54) is 11.1 Å². The molecule has 1 N–H and O–H groups in total. The fourth-order valence-corrected chi connectivity index (χ4v) is 1.81. The molecule has 0 saturated heterocycles. The van der Waals surface area contributed by atoms with E-state index in [-0.39, 0.29) is 6.04 Å². The number of rotatable bonds is 7. The van der Waals surface area contributed by atoms with Gasteiger partial charge in [-0.05, 0) is 31.5 Å². The van der Waals surface area contributed by atoms with Crippen LogP contribution in [-0.4, -0.2) is 26.7 Å². The van der Waals surface area contributed by atoms with E-state index in [0.29, 0.717) is 13.0 Å². The summed E-state index contributed by atoms with van der Waals surface area (Å²) in [6.07, 6.45) is -1.70. The Morgan fingerprint density at radius 3 is 2.59 bits per heavy atom. The van der Waals surface area contributed by atoms with Gasteiger partial charge in [-0.2, -0.15) is 0 Å². The molecule has 4 heteroatoms. The molecule has 1 unspecified atom stereocenters. The van der Waals surface area contributed by atoms with Crippen molar-refractivity contribution in [2.75, 3.05) is 20.3 Å². The lowest BCUT2D eigenvalue weighted by atomic mass is 9.99. The molecule has 1 atom stereocenters. The number of hydrogen-bond acceptors (Lipinski definition) is 2. The van der Waals surface area contributed by atoms with E-state index in [4.69, 9.17) is 4.74 Å². The molecular weight excluding hydrogens is 224 g/mol. The maximum absolute atomic E-state index is 11.9. The van der Waals surface area contributed by atoms with Crippen LogP contribution in [0.15, 0.2) is 24.3 Å². The Kier molecular flexibility index (Phi) is 6.08. The average Bonchev–Trinajstić information content (AvgIpc) is 2.30. The molecule has 0 heterocycles. The smallest absolute Gasteiger partial charge is 0.261 e. The third-order valence-corrected chi connectivity index (χ3v) is 2.71. The molecule has 0 aromatic heterocycles. The van der Waals surface area contributed by atoms with E-state index >= 15 is 0 Å². The van der Waals surface area contributed by atoms with Crippen molar-refractivity contribution in [3.63, 3.8) is 0 Å². The minimum atomic E-state index is -2.39. The molecular formula is C13H19F2NO. The maximum atomic E-state index is 11.9. The minimum absolute atomic E-state index is 0.147. The second-order valence-electron chi connectivity index (χ2n) is 3.95. The highest BCUT2D eigenvalue weighted by molar-refractivity contribution is 5.28. The van der Waals surface area contributed by atoms with Crippen LogP contribution in [0.1, 0.15) is 23.6 Å². The monoisotopic (exact) mass is 243 g/mol. The normalized spacial score (nSPS) is 13.0. The fraction of sp³-hybridized carbons (Fsp3) is 0.538. The lowest BCUT2D eigenvalue weighted by Gasteiger charge is -2.18. The van der Waals surface area contributed by atoms with Gasteiger partial charge >= 0.3 is 0 Å². The van der Waals surface area contributed by atoms with E-state index in [0.717, 1.165) is 0 Å². The van der Waals surface area contributed by atoms with Crippen molar-refractivity contribution in [2.45, 2.75) is 25.8 Å². The van der Waals surface area contributed by atoms with Crippen LogP contribution in [0.5, 0.6) is 0 Å². The zero-order chi connectivity index (χ0) is 12.7. The Morgan fingerprint density at radius 1 is 1.29 bits per heavy atom. The van der Waals surface area contributed by atoms with Crippen LogP contribution in [0.3, 0.4) is 0 Å². The van der Waals surface area contributed by atoms with Crippen molar-refractivity contribution in [1.29, 1.82) is 0 Å². The van der Waals surface area contributed by atoms with Gasteiger partial charge in [-0.15, -0.1) is 0 Å². The predicted octanol–water partition coefficient (Wildman–Crippen LogP) is 2.93. The zero-order valence-electron chi connectivity index (χ0n) is 10.2. The molecule has 2 nitrogen and oxygen atoms in total. The van der Waals surface area contributed by atoms with Crippen molar-refractivity contribution in [2.24, 2.45) is 0 Å². The Labute approximate surface area is 101 Å². The lowest BCUT2D eigenvalue weighted by Crippen LogP contribution is -2.20. The number of hydrogen-bond donors (Lipinski definition) is 1. The van der Waals surface area contributed by atoms with Gasteiger partial charge in [0.25, 0.3) is 6.43 Å². The first kappa shape index (κ1) is 14.1. The van der Waals surface area contributed by atoms with Crippen molar-refractivity contribution in [1.82, 2.24) is 5.32 Å². The van der Waals surface area contributed by atoms with Crippen LogP contribution in [0.2, 0.25) is 0 Å². The molecule has 0 spiro atoms. The molecule has 0 saturated carbocycles. The molecule has 0 amide bonds. The van der Waals surface area contributed by atoms with E-state index in [9.17, 15) is 8.78 Å². The van der Waals surface area contributed by atoms with Gasteiger partial charge in [-0.3, -0.25) is 0 Å². The molecule has 17 heavy (non-hydrogen) atoms. The Bertz CT molecular complexity index is 331. The minimum Gasteiger partial charge on any atom is -0.375 e. The topological polar surface area (TPSA) is 21.3 Å². The second-order valence-corrected chi connectivity index (χ2v) is 3.95. The lowest BCUT2D eigenvalue weighted by molar-refractivity contribution is 0.0145. The Hall–Kier alpha value is -1.00. The van der Waals surface area contributed by atoms with Crippen LogP contribution in [-0.2, 0) is 4.74 Å². The van der Waals surface area contributed by atoms with Gasteiger partial charge in [-0.1, -0.05) is 24.3 Å². The van der Waals surface area contributed by atoms with Gasteiger partial charge in [0.05, 0.1) is 0 Å². The van der Waals surface area contributed by atoms with Crippen LogP contribution < -0.4 is 5.32 Å². The molecule has 0 aliphatic rings. The number of halogens is 2. The number of benzene rings is 1. The standard InChI is InChI=1S/C13H19F2NO/c1-10-5-3-4-6-11(10)12(16-2)7-8-17-9-13(14)15/h3-6,12-13,16H,7-9H2,1-2H3. The SMILES string of the molecule is CNC(CCOCC(F)F)c1ccccc1C. The van der Waals surface area contributed by atoms with Crippen molar-refractivity contribution >= 4 is 0 Å². The Morgan fingerprint density at radius 2 is 2.00 bits per heavy atom. The number of alkyl halides is 2. The Balaban J connectivity index is 2.46. The number of aryl methyl sites for hydroxylation is 1. The van der Waals surface area contributed by atoms with Crippen LogP contribution in [0, 0.1) is 6.92 Å². The van der Waals surface area contributed by atoms with Gasteiger partial charge in [0.15, 0.2) is 0 Å². The summed E-state index contributed by atoms with van der Waals surface area (Å²) >= 11 is 0. The van der Waals surface area contributed by atoms with Crippen LogP contribution in [0.4, 0.5) is 8.78 Å². The molecule has 0 fully saturated rings. The van der Waals surface area contributed by atoms with Gasteiger partial charge in [0.1, 0.15) is 6.61 Å². The quantitative estimate of drug-likeness (QED) is 0.743. The third-order valence-electron chi connectivity index (χ3n) is 2.71. The summed E-state index contributed by atoms with van der Waals surface area (Å²) in [5, 5.41) is 3.18.